The first-order valence-corrected chi connectivity index (χ1v) is 7.46. The van der Waals surface area contributed by atoms with Crippen LogP contribution < -0.4 is 11.5 Å². The van der Waals surface area contributed by atoms with Gasteiger partial charge in [-0.15, -0.1) is 0 Å². The maximum atomic E-state index is 13.8. The molecular formula is C15H21BClFN2O2. The zero-order valence-electron chi connectivity index (χ0n) is 13.2. The van der Waals surface area contributed by atoms with E-state index < -0.39 is 24.1 Å². The summed E-state index contributed by atoms with van der Waals surface area (Å²) < 4.78 is 25.7. The largest absolute Gasteiger partial charge is 0.491 e. The molecule has 0 amide bonds. The smallest absolute Gasteiger partial charge is 0.400 e. The molecule has 0 atom stereocenters. The van der Waals surface area contributed by atoms with Gasteiger partial charge in [-0.1, -0.05) is 23.7 Å². The summed E-state index contributed by atoms with van der Waals surface area (Å²) in [6.07, 6.45) is 1.69. The summed E-state index contributed by atoms with van der Waals surface area (Å²) >= 11 is 6.00. The van der Waals surface area contributed by atoms with Crippen LogP contribution in [0.1, 0.15) is 33.3 Å². The fourth-order valence-corrected chi connectivity index (χ4v) is 2.33. The van der Waals surface area contributed by atoms with Crippen LogP contribution in [-0.4, -0.2) is 24.9 Å². The van der Waals surface area contributed by atoms with Gasteiger partial charge in [-0.05, 0) is 44.8 Å². The van der Waals surface area contributed by atoms with E-state index in [0.717, 1.165) is 0 Å². The van der Waals surface area contributed by atoms with Gasteiger partial charge in [0.25, 0.3) is 0 Å². The van der Waals surface area contributed by atoms with Crippen LogP contribution in [0.2, 0.25) is 5.02 Å². The zero-order valence-corrected chi connectivity index (χ0v) is 14.0. The monoisotopic (exact) mass is 326 g/mol. The average Bonchev–Trinajstić information content (AvgIpc) is 2.64. The Morgan fingerprint density at radius 3 is 2.32 bits per heavy atom. The Morgan fingerprint density at radius 2 is 1.82 bits per heavy atom. The first kappa shape index (κ1) is 17.3. The van der Waals surface area contributed by atoms with Crippen LogP contribution in [0.4, 0.5) is 10.1 Å². The molecule has 1 aliphatic rings. The molecular weight excluding hydrogens is 305 g/mol. The Hall–Kier alpha value is -1.08. The maximum Gasteiger partial charge on any atom is 0.491 e. The number of nitrogen functional groups attached to an aromatic ring is 1. The lowest BCUT2D eigenvalue weighted by atomic mass is 9.77. The molecule has 7 heteroatoms. The molecule has 4 nitrogen and oxygen atoms in total. The fourth-order valence-electron chi connectivity index (χ4n) is 2.11. The topological polar surface area (TPSA) is 70.5 Å². The molecule has 1 fully saturated rings. The van der Waals surface area contributed by atoms with Crippen molar-refractivity contribution in [2.45, 2.75) is 38.9 Å². The summed E-state index contributed by atoms with van der Waals surface area (Å²) in [6.45, 7) is 8.03. The van der Waals surface area contributed by atoms with Crippen LogP contribution in [0, 0.1) is 5.82 Å². The van der Waals surface area contributed by atoms with E-state index in [1.165, 1.54) is 6.07 Å². The van der Waals surface area contributed by atoms with E-state index in [4.69, 9.17) is 32.4 Å². The average molecular weight is 327 g/mol. The Kier molecular flexibility index (Phi) is 4.60. The summed E-state index contributed by atoms with van der Waals surface area (Å²) in [4.78, 5) is 0. The second kappa shape index (κ2) is 5.85. The van der Waals surface area contributed by atoms with Crippen LogP contribution in [-0.2, 0) is 9.31 Å². The van der Waals surface area contributed by atoms with Gasteiger partial charge >= 0.3 is 7.12 Å². The first-order valence-electron chi connectivity index (χ1n) is 7.08. The second-order valence-electron chi connectivity index (χ2n) is 6.38. The minimum absolute atomic E-state index is 0.00656. The van der Waals surface area contributed by atoms with Gasteiger partial charge in [0.05, 0.1) is 21.9 Å². The number of anilines is 1. The molecule has 1 aromatic carbocycles. The number of rotatable bonds is 3. The molecule has 0 aliphatic carbocycles. The summed E-state index contributed by atoms with van der Waals surface area (Å²) in [5.41, 5.74) is 11.5. The number of nitrogens with two attached hydrogens (primary N) is 2. The van der Waals surface area contributed by atoms with E-state index in [0.29, 0.717) is 11.0 Å². The molecule has 0 bridgehead atoms. The highest BCUT2D eigenvalue weighted by atomic mass is 35.5. The quantitative estimate of drug-likeness (QED) is 0.661. The van der Waals surface area contributed by atoms with Crippen LogP contribution in [0.3, 0.4) is 0 Å². The van der Waals surface area contributed by atoms with Crippen molar-refractivity contribution >= 4 is 30.5 Å². The lowest BCUT2D eigenvalue weighted by Gasteiger charge is -2.32. The van der Waals surface area contributed by atoms with E-state index in [2.05, 4.69) is 0 Å². The lowest BCUT2D eigenvalue weighted by molar-refractivity contribution is 0.00578. The third kappa shape index (κ3) is 3.01. The molecule has 22 heavy (non-hydrogen) atoms. The summed E-state index contributed by atoms with van der Waals surface area (Å²) in [6, 6.07) is 3.10. The van der Waals surface area contributed by atoms with Crippen molar-refractivity contribution in [1.29, 1.82) is 0 Å². The molecule has 0 radical (unpaired) electrons. The Morgan fingerprint density at radius 1 is 1.27 bits per heavy atom. The zero-order chi connectivity index (χ0) is 16.7. The molecule has 0 aromatic heterocycles. The molecule has 0 saturated carbocycles. The molecule has 0 unspecified atom stereocenters. The number of halogens is 2. The third-order valence-corrected chi connectivity index (χ3v) is 4.66. The van der Waals surface area contributed by atoms with Gasteiger partial charge in [0.2, 0.25) is 0 Å². The molecule has 120 valence electrons. The molecule has 1 aromatic rings. The Labute approximate surface area is 135 Å². The minimum Gasteiger partial charge on any atom is -0.400 e. The third-order valence-electron chi connectivity index (χ3n) is 4.27. The van der Waals surface area contributed by atoms with E-state index in [-0.39, 0.29) is 17.3 Å². The molecule has 0 spiro atoms. The van der Waals surface area contributed by atoms with Crippen LogP contribution in [0.15, 0.2) is 17.6 Å². The van der Waals surface area contributed by atoms with E-state index in [9.17, 15) is 4.39 Å². The predicted octanol–water partition coefficient (Wildman–Crippen LogP) is 3.03. The Bertz CT molecular complexity index is 604. The van der Waals surface area contributed by atoms with E-state index >= 15 is 0 Å². The van der Waals surface area contributed by atoms with Gasteiger partial charge in [0, 0.05) is 6.54 Å². The molecule has 1 heterocycles. The van der Waals surface area contributed by atoms with Crippen molar-refractivity contribution < 1.29 is 13.7 Å². The Balaban J connectivity index is 2.36. The number of benzene rings is 1. The predicted molar refractivity (Wildman–Crippen MR) is 88.9 cm³/mol. The van der Waals surface area contributed by atoms with Gasteiger partial charge in [-0.3, -0.25) is 0 Å². The lowest BCUT2D eigenvalue weighted by Crippen LogP contribution is -2.41. The summed E-state index contributed by atoms with van der Waals surface area (Å²) in [7, 11) is -0.591. The van der Waals surface area contributed by atoms with Crippen molar-refractivity contribution in [2.24, 2.45) is 5.73 Å². The van der Waals surface area contributed by atoms with E-state index in [1.807, 2.05) is 27.7 Å². The molecule has 2 rings (SSSR count). The van der Waals surface area contributed by atoms with Crippen LogP contribution in [0.25, 0.3) is 6.08 Å². The summed E-state index contributed by atoms with van der Waals surface area (Å²) in [5.74, 6) is -0.638. The van der Waals surface area contributed by atoms with Crippen molar-refractivity contribution in [3.8, 4) is 0 Å². The highest BCUT2D eigenvalue weighted by Crippen LogP contribution is 2.39. The van der Waals surface area contributed by atoms with Crippen molar-refractivity contribution in [1.82, 2.24) is 0 Å². The number of hydrogen-bond donors (Lipinski definition) is 2. The molecule has 1 aliphatic heterocycles. The maximum absolute atomic E-state index is 13.8. The van der Waals surface area contributed by atoms with Crippen LogP contribution >= 0.6 is 11.6 Å². The summed E-state index contributed by atoms with van der Waals surface area (Å²) in [5, 5.41) is -0.0394. The highest BCUT2D eigenvalue weighted by molar-refractivity contribution is 6.56. The second-order valence-corrected chi connectivity index (χ2v) is 6.76. The van der Waals surface area contributed by atoms with Gasteiger partial charge in [-0.2, -0.15) is 0 Å². The van der Waals surface area contributed by atoms with Crippen molar-refractivity contribution in [2.75, 3.05) is 12.3 Å². The van der Waals surface area contributed by atoms with Gasteiger partial charge in [0.1, 0.15) is 0 Å². The van der Waals surface area contributed by atoms with Gasteiger partial charge in [0.15, 0.2) is 5.82 Å². The number of hydrogen-bond acceptors (Lipinski definition) is 4. The normalized spacial score (nSPS) is 20.5. The molecule has 4 N–H and O–H groups in total. The van der Waals surface area contributed by atoms with Gasteiger partial charge < -0.3 is 20.8 Å². The fraction of sp³-hybridized carbons (Fsp3) is 0.467. The van der Waals surface area contributed by atoms with E-state index in [1.54, 1.807) is 12.1 Å². The first-order chi connectivity index (χ1) is 10.1. The van der Waals surface area contributed by atoms with Gasteiger partial charge in [-0.25, -0.2) is 4.39 Å². The molecule has 1 saturated heterocycles. The SMILES string of the molecule is CC1(C)OB(C(=Cc2ccc(N)c(F)c2Cl)CN)OC1(C)C. The highest BCUT2D eigenvalue weighted by Gasteiger charge is 2.52. The van der Waals surface area contributed by atoms with Crippen LogP contribution in [0.5, 0.6) is 0 Å². The minimum atomic E-state index is -0.638. The van der Waals surface area contributed by atoms with Crippen molar-refractivity contribution in [3.63, 3.8) is 0 Å². The standard InChI is InChI=1S/C15H21BClFN2O2/c1-14(2)15(3,4)22-16(21-14)10(8-19)7-9-5-6-11(20)13(18)12(9)17/h5-7H,8,19-20H2,1-4H3. The van der Waals surface area contributed by atoms with Crippen molar-refractivity contribution in [3.05, 3.63) is 34.0 Å².